The first-order valence-corrected chi connectivity index (χ1v) is 11.2. The highest BCUT2D eigenvalue weighted by molar-refractivity contribution is 6.13. The van der Waals surface area contributed by atoms with Crippen LogP contribution in [0.4, 0.5) is 9.18 Å². The summed E-state index contributed by atoms with van der Waals surface area (Å²) in [6, 6.07) is 9.22. The van der Waals surface area contributed by atoms with Crippen LogP contribution >= 0.6 is 0 Å². The lowest BCUT2D eigenvalue weighted by Gasteiger charge is -2.35. The van der Waals surface area contributed by atoms with E-state index in [9.17, 15) is 18.8 Å². The zero-order valence-electron chi connectivity index (χ0n) is 19.3. The summed E-state index contributed by atoms with van der Waals surface area (Å²) in [6.07, 6.45) is -0.305. The van der Waals surface area contributed by atoms with Gasteiger partial charge in [0, 0.05) is 32.7 Å². The molecule has 5 rings (SSSR count). The van der Waals surface area contributed by atoms with Crippen molar-refractivity contribution in [1.82, 2.24) is 19.4 Å². The summed E-state index contributed by atoms with van der Waals surface area (Å²) < 4.78 is 20.4. The molecule has 0 atom stereocenters. The summed E-state index contributed by atoms with van der Waals surface area (Å²) in [5.41, 5.74) is 0.973. The van der Waals surface area contributed by atoms with Gasteiger partial charge in [0.25, 0.3) is 5.56 Å². The summed E-state index contributed by atoms with van der Waals surface area (Å²) in [7, 11) is 0. The molecule has 176 valence electrons. The fourth-order valence-corrected chi connectivity index (χ4v) is 4.39. The summed E-state index contributed by atoms with van der Waals surface area (Å²) >= 11 is 0. The maximum absolute atomic E-state index is 13.7. The number of fused-ring (bicyclic) bond motifs is 4. The molecule has 1 amide bonds. The number of rotatable bonds is 2. The van der Waals surface area contributed by atoms with Crippen LogP contribution in [0.2, 0.25) is 0 Å². The predicted octanol–water partition coefficient (Wildman–Crippen LogP) is 3.12. The van der Waals surface area contributed by atoms with Gasteiger partial charge in [-0.3, -0.25) is 19.1 Å². The SMILES string of the molecule is CC(C)(C)OC(=O)N1CCN(Cc2ccc3nc4n(c(=O)c3c2)-c2ccc(F)cc2C4=O)CC1. The number of benzene rings is 2. The standard InChI is InChI=1S/C25H25FN4O4/c1-25(2,3)34-24(33)29-10-8-28(9-11-29)14-15-4-6-19-17(12-15)23(32)30-20-7-5-16(26)13-18(20)21(31)22(30)27-19/h4-7,12-13H,8-11,14H2,1-3H3. The average Bonchev–Trinajstić information content (AvgIpc) is 3.05. The monoisotopic (exact) mass is 464 g/mol. The van der Waals surface area contributed by atoms with E-state index in [0.717, 1.165) is 11.6 Å². The molecule has 0 spiro atoms. The van der Waals surface area contributed by atoms with Crippen molar-refractivity contribution in [2.24, 2.45) is 0 Å². The van der Waals surface area contributed by atoms with Crippen molar-refractivity contribution in [3.05, 3.63) is 69.5 Å². The van der Waals surface area contributed by atoms with Crippen LogP contribution in [0.1, 0.15) is 42.5 Å². The zero-order chi connectivity index (χ0) is 24.2. The molecule has 2 aromatic carbocycles. The van der Waals surface area contributed by atoms with E-state index in [-0.39, 0.29) is 23.0 Å². The minimum absolute atomic E-state index is 0.00381. The highest BCUT2D eigenvalue weighted by atomic mass is 19.1. The number of hydrogen-bond acceptors (Lipinski definition) is 6. The van der Waals surface area contributed by atoms with Gasteiger partial charge in [0.1, 0.15) is 11.4 Å². The number of aromatic nitrogens is 2. The van der Waals surface area contributed by atoms with Crippen molar-refractivity contribution < 1.29 is 18.7 Å². The number of piperazine rings is 1. The molecule has 1 saturated heterocycles. The number of nitrogens with zero attached hydrogens (tertiary/aromatic N) is 4. The molecule has 2 aliphatic heterocycles. The van der Waals surface area contributed by atoms with Crippen molar-refractivity contribution in [3.63, 3.8) is 0 Å². The maximum Gasteiger partial charge on any atom is 0.410 e. The average molecular weight is 464 g/mol. The molecular formula is C25H25FN4O4. The molecule has 1 aromatic heterocycles. The van der Waals surface area contributed by atoms with Crippen LogP contribution in [0.3, 0.4) is 0 Å². The second-order valence-corrected chi connectivity index (χ2v) is 9.66. The maximum atomic E-state index is 13.7. The molecule has 0 aliphatic carbocycles. The second kappa shape index (κ2) is 8.02. The van der Waals surface area contributed by atoms with Gasteiger partial charge >= 0.3 is 6.09 Å². The van der Waals surface area contributed by atoms with E-state index in [1.54, 1.807) is 17.0 Å². The molecule has 8 nitrogen and oxygen atoms in total. The normalized spacial score (nSPS) is 16.0. The largest absolute Gasteiger partial charge is 0.444 e. The first kappa shape index (κ1) is 22.2. The van der Waals surface area contributed by atoms with Gasteiger partial charge in [0.15, 0.2) is 5.82 Å². The Morgan fingerprint density at radius 3 is 2.50 bits per heavy atom. The highest BCUT2D eigenvalue weighted by Crippen LogP contribution is 2.27. The van der Waals surface area contributed by atoms with Gasteiger partial charge in [-0.1, -0.05) is 6.07 Å². The molecule has 0 N–H and O–H groups in total. The number of amides is 1. The fourth-order valence-electron chi connectivity index (χ4n) is 4.39. The Morgan fingerprint density at radius 1 is 1.06 bits per heavy atom. The quantitative estimate of drug-likeness (QED) is 0.453. The number of carbonyl (C=O) groups is 2. The van der Waals surface area contributed by atoms with Crippen molar-refractivity contribution in [2.45, 2.75) is 32.9 Å². The van der Waals surface area contributed by atoms with Crippen LogP contribution in [0.15, 0.2) is 41.2 Å². The van der Waals surface area contributed by atoms with Gasteiger partial charge in [0.05, 0.1) is 22.2 Å². The van der Waals surface area contributed by atoms with Crippen molar-refractivity contribution in [2.75, 3.05) is 26.2 Å². The summed E-state index contributed by atoms with van der Waals surface area (Å²) in [4.78, 5) is 46.6. The first-order chi connectivity index (χ1) is 16.1. The van der Waals surface area contributed by atoms with Crippen LogP contribution in [0.25, 0.3) is 16.6 Å². The van der Waals surface area contributed by atoms with E-state index in [1.165, 1.54) is 16.7 Å². The molecular weight excluding hydrogens is 439 g/mol. The molecule has 0 saturated carbocycles. The lowest BCUT2D eigenvalue weighted by molar-refractivity contribution is 0.0139. The molecule has 3 aromatic rings. The third kappa shape index (κ3) is 3.96. The van der Waals surface area contributed by atoms with Crippen LogP contribution in [0, 0.1) is 5.82 Å². The summed E-state index contributed by atoms with van der Waals surface area (Å²) in [6.45, 7) is 8.66. The minimum Gasteiger partial charge on any atom is -0.444 e. The van der Waals surface area contributed by atoms with Crippen molar-refractivity contribution >= 4 is 22.8 Å². The minimum atomic E-state index is -0.536. The van der Waals surface area contributed by atoms with Gasteiger partial charge in [-0.25, -0.2) is 14.2 Å². The molecule has 1 fully saturated rings. The van der Waals surface area contributed by atoms with E-state index < -0.39 is 17.2 Å². The van der Waals surface area contributed by atoms with E-state index in [1.807, 2.05) is 26.8 Å². The Kier molecular flexibility index (Phi) is 5.24. The van der Waals surface area contributed by atoms with E-state index >= 15 is 0 Å². The Morgan fingerprint density at radius 2 is 1.79 bits per heavy atom. The molecule has 9 heteroatoms. The third-order valence-corrected chi connectivity index (χ3v) is 6.01. The van der Waals surface area contributed by atoms with Gasteiger partial charge in [0.2, 0.25) is 5.78 Å². The number of ether oxygens (including phenoxy) is 1. The summed E-state index contributed by atoms with van der Waals surface area (Å²) in [5, 5.41) is 0.401. The lowest BCUT2D eigenvalue weighted by Crippen LogP contribution is -2.49. The van der Waals surface area contributed by atoms with Crippen molar-refractivity contribution in [3.8, 4) is 5.69 Å². The van der Waals surface area contributed by atoms with Gasteiger partial charge in [-0.15, -0.1) is 0 Å². The van der Waals surface area contributed by atoms with Crippen LogP contribution < -0.4 is 5.56 Å². The molecule has 2 aliphatic rings. The molecule has 3 heterocycles. The highest BCUT2D eigenvalue weighted by Gasteiger charge is 2.31. The van der Waals surface area contributed by atoms with Gasteiger partial charge in [-0.2, -0.15) is 0 Å². The molecule has 0 unspecified atom stereocenters. The van der Waals surface area contributed by atoms with Crippen molar-refractivity contribution in [1.29, 1.82) is 0 Å². The molecule has 0 bridgehead atoms. The lowest BCUT2D eigenvalue weighted by atomic mass is 10.1. The first-order valence-electron chi connectivity index (χ1n) is 11.2. The van der Waals surface area contributed by atoms with Crippen LogP contribution in [0.5, 0.6) is 0 Å². The Labute approximate surface area is 195 Å². The molecule has 0 radical (unpaired) electrons. The number of ketones is 1. The Hall–Kier alpha value is -3.59. The van der Waals surface area contributed by atoms with E-state index in [2.05, 4.69) is 9.88 Å². The van der Waals surface area contributed by atoms with Gasteiger partial charge in [-0.05, 0) is 56.7 Å². The Bertz CT molecular complexity index is 1380. The topological polar surface area (TPSA) is 84.7 Å². The smallest absolute Gasteiger partial charge is 0.410 e. The predicted molar refractivity (Wildman–Crippen MR) is 124 cm³/mol. The summed E-state index contributed by atoms with van der Waals surface area (Å²) in [5.74, 6) is -0.990. The number of carbonyl (C=O) groups excluding carboxylic acids is 2. The molecule has 34 heavy (non-hydrogen) atoms. The Balaban J connectivity index is 1.37. The van der Waals surface area contributed by atoms with E-state index in [0.29, 0.717) is 49.3 Å². The fraction of sp³-hybridized carbons (Fsp3) is 0.360. The third-order valence-electron chi connectivity index (χ3n) is 6.01. The van der Waals surface area contributed by atoms with Crippen LogP contribution in [-0.2, 0) is 11.3 Å². The number of hydrogen-bond donors (Lipinski definition) is 0. The van der Waals surface area contributed by atoms with Gasteiger partial charge < -0.3 is 9.64 Å². The van der Waals surface area contributed by atoms with E-state index in [4.69, 9.17) is 4.74 Å². The number of halogens is 1. The zero-order valence-corrected chi connectivity index (χ0v) is 19.3. The van der Waals surface area contributed by atoms with Crippen LogP contribution in [-0.4, -0.2) is 63.0 Å². The second-order valence-electron chi connectivity index (χ2n) is 9.66.